The number of aromatic nitrogens is 1. The molecule has 2 aromatic rings. The number of rotatable bonds is 1. The molecule has 0 aliphatic carbocycles. The average molecular weight is 213 g/mol. The Balaban J connectivity index is 2.87. The van der Waals surface area contributed by atoms with Gasteiger partial charge in [0.05, 0.1) is 5.52 Å². The summed E-state index contributed by atoms with van der Waals surface area (Å²) in [7, 11) is 0. The minimum atomic E-state index is 0.102. The molecular formula is C14H15NO. The van der Waals surface area contributed by atoms with Gasteiger partial charge in [0, 0.05) is 16.6 Å². The molecule has 0 unspecified atom stereocenters. The normalized spacial score (nSPS) is 10.8. The van der Waals surface area contributed by atoms with E-state index in [-0.39, 0.29) is 5.78 Å². The third kappa shape index (κ3) is 1.71. The molecule has 1 heterocycles. The first-order chi connectivity index (χ1) is 7.49. The Morgan fingerprint density at radius 3 is 2.38 bits per heavy atom. The molecule has 16 heavy (non-hydrogen) atoms. The smallest absolute Gasteiger partial charge is 0.159 e. The van der Waals surface area contributed by atoms with Gasteiger partial charge in [-0.1, -0.05) is 0 Å². The van der Waals surface area contributed by atoms with Crippen LogP contribution in [0, 0.1) is 20.8 Å². The molecule has 1 aromatic carbocycles. The molecule has 0 radical (unpaired) electrons. The van der Waals surface area contributed by atoms with E-state index in [9.17, 15) is 4.79 Å². The maximum absolute atomic E-state index is 11.4. The molecule has 0 saturated heterocycles. The van der Waals surface area contributed by atoms with Gasteiger partial charge in [-0.05, 0) is 57.0 Å². The van der Waals surface area contributed by atoms with E-state index in [2.05, 4.69) is 11.9 Å². The molecule has 0 aliphatic heterocycles. The highest BCUT2D eigenvalue weighted by molar-refractivity contribution is 5.99. The number of aryl methyl sites for hydroxylation is 3. The highest BCUT2D eigenvalue weighted by Crippen LogP contribution is 2.23. The second-order valence-electron chi connectivity index (χ2n) is 4.33. The summed E-state index contributed by atoms with van der Waals surface area (Å²) in [4.78, 5) is 15.9. The van der Waals surface area contributed by atoms with Crippen LogP contribution >= 0.6 is 0 Å². The van der Waals surface area contributed by atoms with Gasteiger partial charge in [0.1, 0.15) is 0 Å². The van der Waals surface area contributed by atoms with Gasteiger partial charge in [0.15, 0.2) is 5.78 Å². The predicted octanol–water partition coefficient (Wildman–Crippen LogP) is 3.36. The molecule has 0 spiro atoms. The lowest BCUT2D eigenvalue weighted by Crippen LogP contribution is -1.96. The second-order valence-corrected chi connectivity index (χ2v) is 4.33. The van der Waals surface area contributed by atoms with E-state index in [1.54, 1.807) is 6.92 Å². The van der Waals surface area contributed by atoms with Gasteiger partial charge in [0.2, 0.25) is 0 Å². The summed E-state index contributed by atoms with van der Waals surface area (Å²) in [5.74, 6) is 0.102. The van der Waals surface area contributed by atoms with Crippen molar-refractivity contribution in [2.24, 2.45) is 0 Å². The zero-order valence-electron chi connectivity index (χ0n) is 10.1. The molecule has 82 valence electrons. The van der Waals surface area contributed by atoms with Crippen molar-refractivity contribution in [3.63, 3.8) is 0 Å². The molecule has 0 aliphatic rings. The Bertz CT molecular complexity index is 585. The summed E-state index contributed by atoms with van der Waals surface area (Å²) in [6.07, 6.45) is 0. The Kier molecular flexibility index (Phi) is 2.50. The summed E-state index contributed by atoms with van der Waals surface area (Å²) in [6.45, 7) is 7.64. The third-order valence-electron chi connectivity index (χ3n) is 2.85. The molecule has 1 aromatic heterocycles. The van der Waals surface area contributed by atoms with Crippen LogP contribution in [0.25, 0.3) is 10.9 Å². The number of ketones is 1. The molecule has 0 saturated carbocycles. The van der Waals surface area contributed by atoms with E-state index in [0.29, 0.717) is 0 Å². The van der Waals surface area contributed by atoms with Gasteiger partial charge < -0.3 is 0 Å². The van der Waals surface area contributed by atoms with Crippen LogP contribution in [0.2, 0.25) is 0 Å². The molecule has 2 nitrogen and oxygen atoms in total. The fraction of sp³-hybridized carbons (Fsp3) is 0.286. The first-order valence-corrected chi connectivity index (χ1v) is 5.38. The quantitative estimate of drug-likeness (QED) is 0.680. The maximum Gasteiger partial charge on any atom is 0.159 e. The number of carbonyl (C=O) groups excluding carboxylic acids is 1. The van der Waals surface area contributed by atoms with Gasteiger partial charge in [-0.3, -0.25) is 9.78 Å². The molecule has 2 rings (SSSR count). The lowest BCUT2D eigenvalue weighted by molar-refractivity contribution is 0.101. The molecule has 0 N–H and O–H groups in total. The van der Waals surface area contributed by atoms with Gasteiger partial charge in [-0.25, -0.2) is 0 Å². The minimum Gasteiger partial charge on any atom is -0.295 e. The Hall–Kier alpha value is -1.70. The topological polar surface area (TPSA) is 30.0 Å². The Morgan fingerprint density at radius 1 is 1.06 bits per heavy atom. The standard InChI is InChI=1S/C14H15NO/c1-8-5-10(3)15-14-9(2)6-12(11(4)16)7-13(8)14/h5-7H,1-4H3. The highest BCUT2D eigenvalue weighted by Gasteiger charge is 2.08. The lowest BCUT2D eigenvalue weighted by Gasteiger charge is -2.08. The van der Waals surface area contributed by atoms with E-state index in [0.717, 1.165) is 27.7 Å². The summed E-state index contributed by atoms with van der Waals surface area (Å²) < 4.78 is 0. The fourth-order valence-corrected chi connectivity index (χ4v) is 2.03. The maximum atomic E-state index is 11.4. The van der Waals surface area contributed by atoms with Crippen LogP contribution in [0.3, 0.4) is 0 Å². The number of hydrogen-bond acceptors (Lipinski definition) is 2. The van der Waals surface area contributed by atoms with Crippen molar-refractivity contribution in [1.29, 1.82) is 0 Å². The van der Waals surface area contributed by atoms with E-state index >= 15 is 0 Å². The van der Waals surface area contributed by atoms with Crippen LogP contribution in [0.4, 0.5) is 0 Å². The number of fused-ring (bicyclic) bond motifs is 1. The lowest BCUT2D eigenvalue weighted by atomic mass is 10.0. The zero-order valence-corrected chi connectivity index (χ0v) is 10.1. The molecule has 0 amide bonds. The summed E-state index contributed by atoms with van der Waals surface area (Å²) in [5.41, 5.74) is 5.02. The van der Waals surface area contributed by atoms with Crippen molar-refractivity contribution in [2.75, 3.05) is 0 Å². The van der Waals surface area contributed by atoms with Crippen LogP contribution in [-0.2, 0) is 0 Å². The average Bonchev–Trinajstić information content (AvgIpc) is 2.19. The molecule has 0 bridgehead atoms. The van der Waals surface area contributed by atoms with Crippen molar-refractivity contribution in [3.8, 4) is 0 Å². The van der Waals surface area contributed by atoms with Gasteiger partial charge in [0.25, 0.3) is 0 Å². The highest BCUT2D eigenvalue weighted by atomic mass is 16.1. The SMILES string of the molecule is CC(=O)c1cc(C)c2nc(C)cc(C)c2c1. The molecule has 0 fully saturated rings. The molecule has 2 heteroatoms. The van der Waals surface area contributed by atoms with Gasteiger partial charge >= 0.3 is 0 Å². The van der Waals surface area contributed by atoms with Gasteiger partial charge in [-0.15, -0.1) is 0 Å². The number of hydrogen-bond donors (Lipinski definition) is 0. The van der Waals surface area contributed by atoms with Crippen LogP contribution in [-0.4, -0.2) is 10.8 Å². The van der Waals surface area contributed by atoms with Crippen molar-refractivity contribution in [2.45, 2.75) is 27.7 Å². The van der Waals surface area contributed by atoms with Crippen LogP contribution in [0.1, 0.15) is 34.1 Å². The number of carbonyl (C=O) groups is 1. The van der Waals surface area contributed by atoms with Crippen molar-refractivity contribution >= 4 is 16.7 Å². The van der Waals surface area contributed by atoms with E-state index in [1.165, 1.54) is 5.56 Å². The van der Waals surface area contributed by atoms with Gasteiger partial charge in [-0.2, -0.15) is 0 Å². The monoisotopic (exact) mass is 213 g/mol. The number of nitrogens with zero attached hydrogens (tertiary/aromatic N) is 1. The van der Waals surface area contributed by atoms with Crippen LogP contribution in [0.5, 0.6) is 0 Å². The first-order valence-electron chi connectivity index (χ1n) is 5.38. The Labute approximate surface area is 95.3 Å². The van der Waals surface area contributed by atoms with E-state index in [4.69, 9.17) is 0 Å². The summed E-state index contributed by atoms with van der Waals surface area (Å²) >= 11 is 0. The van der Waals surface area contributed by atoms with E-state index in [1.807, 2.05) is 32.0 Å². The van der Waals surface area contributed by atoms with Crippen molar-refractivity contribution < 1.29 is 4.79 Å². The van der Waals surface area contributed by atoms with Crippen LogP contribution < -0.4 is 0 Å². The largest absolute Gasteiger partial charge is 0.295 e. The second kappa shape index (κ2) is 3.71. The number of Topliss-reactive ketones (excluding diaryl/α,β-unsaturated/α-hetero) is 1. The zero-order chi connectivity index (χ0) is 11.9. The van der Waals surface area contributed by atoms with E-state index < -0.39 is 0 Å². The summed E-state index contributed by atoms with van der Waals surface area (Å²) in [5, 5.41) is 1.08. The predicted molar refractivity (Wildman–Crippen MR) is 66.0 cm³/mol. The first kappa shape index (κ1) is 10.8. The van der Waals surface area contributed by atoms with Crippen molar-refractivity contribution in [3.05, 3.63) is 40.6 Å². The molecule has 0 atom stereocenters. The Morgan fingerprint density at radius 2 is 1.75 bits per heavy atom. The summed E-state index contributed by atoms with van der Waals surface area (Å²) in [6, 6.07) is 5.90. The fourth-order valence-electron chi connectivity index (χ4n) is 2.03. The minimum absolute atomic E-state index is 0.102. The number of pyridine rings is 1. The number of benzene rings is 1. The third-order valence-corrected chi connectivity index (χ3v) is 2.85. The molecular weight excluding hydrogens is 198 g/mol. The van der Waals surface area contributed by atoms with Crippen LogP contribution in [0.15, 0.2) is 18.2 Å². The van der Waals surface area contributed by atoms with Crippen molar-refractivity contribution in [1.82, 2.24) is 4.98 Å².